The van der Waals surface area contributed by atoms with Crippen molar-refractivity contribution in [2.24, 2.45) is 0 Å². The number of benzene rings is 2. The molecule has 0 bridgehead atoms. The molecule has 0 fully saturated rings. The summed E-state index contributed by atoms with van der Waals surface area (Å²) in [7, 11) is 0. The number of para-hydroxylation sites is 1. The highest BCUT2D eigenvalue weighted by Crippen LogP contribution is 2.13. The molecule has 0 aliphatic heterocycles. The van der Waals surface area contributed by atoms with Crippen molar-refractivity contribution < 1.29 is 19.5 Å². The lowest BCUT2D eigenvalue weighted by Gasteiger charge is -2.26. The molecule has 6 heteroatoms. The summed E-state index contributed by atoms with van der Waals surface area (Å²) < 4.78 is 0. The first-order chi connectivity index (χ1) is 12.4. The van der Waals surface area contributed by atoms with Gasteiger partial charge < -0.3 is 15.3 Å². The third-order valence-electron chi connectivity index (χ3n) is 3.88. The van der Waals surface area contributed by atoms with Crippen LogP contribution in [0.3, 0.4) is 0 Å². The Hall–Kier alpha value is -3.15. The molecule has 0 radical (unpaired) electrons. The number of carboxylic acids is 1. The largest absolute Gasteiger partial charge is 0.481 e. The SMILES string of the molecule is CC(C)N(CCC(=O)O)C(=O)c1ccc(C(=O)Nc2ccccc2)cc1. The molecule has 26 heavy (non-hydrogen) atoms. The van der Waals surface area contributed by atoms with Crippen molar-refractivity contribution in [3.8, 4) is 0 Å². The third kappa shape index (κ3) is 5.17. The summed E-state index contributed by atoms with van der Waals surface area (Å²) in [6, 6.07) is 15.3. The van der Waals surface area contributed by atoms with Gasteiger partial charge in [0.1, 0.15) is 0 Å². The molecule has 0 unspecified atom stereocenters. The van der Waals surface area contributed by atoms with E-state index in [1.807, 2.05) is 32.0 Å². The molecule has 2 N–H and O–H groups in total. The van der Waals surface area contributed by atoms with E-state index in [4.69, 9.17) is 5.11 Å². The number of aliphatic carboxylic acids is 1. The molecule has 0 heterocycles. The minimum absolute atomic E-state index is 0.110. The number of carbonyl (C=O) groups excluding carboxylic acids is 2. The minimum Gasteiger partial charge on any atom is -0.481 e. The van der Waals surface area contributed by atoms with E-state index in [0.717, 1.165) is 0 Å². The molecule has 6 nitrogen and oxygen atoms in total. The fourth-order valence-electron chi connectivity index (χ4n) is 2.47. The zero-order valence-electron chi connectivity index (χ0n) is 14.8. The number of amides is 2. The van der Waals surface area contributed by atoms with Crippen molar-refractivity contribution in [3.63, 3.8) is 0 Å². The second kappa shape index (κ2) is 8.80. The highest BCUT2D eigenvalue weighted by atomic mass is 16.4. The summed E-state index contributed by atoms with van der Waals surface area (Å²) in [4.78, 5) is 37.1. The number of carbonyl (C=O) groups is 3. The predicted octanol–water partition coefficient (Wildman–Crippen LogP) is 3.26. The average molecular weight is 354 g/mol. The van der Waals surface area contributed by atoms with Gasteiger partial charge in [-0.1, -0.05) is 18.2 Å². The zero-order valence-corrected chi connectivity index (χ0v) is 14.8. The van der Waals surface area contributed by atoms with Crippen molar-refractivity contribution in [2.75, 3.05) is 11.9 Å². The number of nitrogens with zero attached hydrogens (tertiary/aromatic N) is 1. The van der Waals surface area contributed by atoms with Crippen molar-refractivity contribution in [1.29, 1.82) is 0 Å². The number of carboxylic acid groups (broad SMARTS) is 1. The van der Waals surface area contributed by atoms with Crippen LogP contribution in [0.5, 0.6) is 0 Å². The molecule has 0 saturated heterocycles. The Labute approximate surface area is 152 Å². The second-order valence-corrected chi connectivity index (χ2v) is 6.13. The van der Waals surface area contributed by atoms with Crippen LogP contribution in [0.1, 0.15) is 41.0 Å². The molecule has 136 valence electrons. The minimum atomic E-state index is -0.948. The summed E-state index contributed by atoms with van der Waals surface area (Å²) in [6.07, 6.45) is -0.110. The van der Waals surface area contributed by atoms with Crippen LogP contribution < -0.4 is 5.32 Å². The molecule has 0 saturated carbocycles. The van der Waals surface area contributed by atoms with Crippen LogP contribution in [0.2, 0.25) is 0 Å². The van der Waals surface area contributed by atoms with Crippen molar-refractivity contribution in [1.82, 2.24) is 4.90 Å². The van der Waals surface area contributed by atoms with Gasteiger partial charge >= 0.3 is 5.97 Å². The Kier molecular flexibility index (Phi) is 6.49. The standard InChI is InChI=1S/C20H22N2O4/c1-14(2)22(13-12-18(23)24)20(26)16-10-8-15(9-11-16)19(25)21-17-6-4-3-5-7-17/h3-11,14H,12-13H2,1-2H3,(H,21,25)(H,23,24). The molecular weight excluding hydrogens is 332 g/mol. The highest BCUT2D eigenvalue weighted by Gasteiger charge is 2.20. The van der Waals surface area contributed by atoms with Gasteiger partial charge in [0, 0.05) is 29.4 Å². The molecular formula is C20H22N2O4. The van der Waals surface area contributed by atoms with Crippen LogP contribution >= 0.6 is 0 Å². The lowest BCUT2D eigenvalue weighted by atomic mass is 10.1. The van der Waals surface area contributed by atoms with Crippen LogP contribution in [0.4, 0.5) is 5.69 Å². The topological polar surface area (TPSA) is 86.7 Å². The Morgan fingerprint density at radius 3 is 2.08 bits per heavy atom. The third-order valence-corrected chi connectivity index (χ3v) is 3.88. The number of nitrogens with one attached hydrogen (secondary N) is 1. The molecule has 2 rings (SSSR count). The molecule has 2 amide bonds. The quantitative estimate of drug-likeness (QED) is 0.799. The van der Waals surface area contributed by atoms with Gasteiger partial charge in [0.15, 0.2) is 0 Å². The predicted molar refractivity (Wildman–Crippen MR) is 99.3 cm³/mol. The molecule has 0 aliphatic rings. The Balaban J connectivity index is 2.08. The van der Waals surface area contributed by atoms with Gasteiger partial charge in [0.25, 0.3) is 11.8 Å². The van der Waals surface area contributed by atoms with Gasteiger partial charge in [-0.2, -0.15) is 0 Å². The van der Waals surface area contributed by atoms with Gasteiger partial charge in [0.2, 0.25) is 0 Å². The first-order valence-electron chi connectivity index (χ1n) is 8.37. The van der Waals surface area contributed by atoms with E-state index in [9.17, 15) is 14.4 Å². The van der Waals surface area contributed by atoms with Crippen molar-refractivity contribution in [2.45, 2.75) is 26.3 Å². The molecule has 2 aromatic rings. The fraction of sp³-hybridized carbons (Fsp3) is 0.250. The van der Waals surface area contributed by atoms with Crippen LogP contribution in [0.25, 0.3) is 0 Å². The van der Waals surface area contributed by atoms with Gasteiger partial charge in [-0.3, -0.25) is 14.4 Å². The number of hydrogen-bond donors (Lipinski definition) is 2. The van der Waals surface area contributed by atoms with E-state index in [1.54, 1.807) is 36.4 Å². The van der Waals surface area contributed by atoms with E-state index in [2.05, 4.69) is 5.32 Å². The summed E-state index contributed by atoms with van der Waals surface area (Å²) in [5, 5.41) is 11.6. The summed E-state index contributed by atoms with van der Waals surface area (Å²) in [6.45, 7) is 3.81. The second-order valence-electron chi connectivity index (χ2n) is 6.13. The molecule has 2 aromatic carbocycles. The maximum Gasteiger partial charge on any atom is 0.305 e. The van der Waals surface area contributed by atoms with Crippen molar-refractivity contribution in [3.05, 3.63) is 65.7 Å². The maximum absolute atomic E-state index is 12.6. The summed E-state index contributed by atoms with van der Waals surface area (Å²) in [5.74, 6) is -1.46. The first-order valence-corrected chi connectivity index (χ1v) is 8.37. The molecule has 0 aromatic heterocycles. The highest BCUT2D eigenvalue weighted by molar-refractivity contribution is 6.05. The molecule has 0 aliphatic carbocycles. The summed E-state index contributed by atoms with van der Waals surface area (Å²) in [5.41, 5.74) is 1.55. The van der Waals surface area contributed by atoms with Gasteiger partial charge in [-0.15, -0.1) is 0 Å². The van der Waals surface area contributed by atoms with E-state index in [0.29, 0.717) is 16.8 Å². The van der Waals surface area contributed by atoms with Crippen LogP contribution in [0, 0.1) is 0 Å². The van der Waals surface area contributed by atoms with Crippen LogP contribution in [-0.4, -0.2) is 40.4 Å². The van der Waals surface area contributed by atoms with Crippen molar-refractivity contribution >= 4 is 23.5 Å². The van der Waals surface area contributed by atoms with Gasteiger partial charge in [-0.25, -0.2) is 0 Å². The van der Waals surface area contributed by atoms with Crippen LogP contribution in [-0.2, 0) is 4.79 Å². The van der Waals surface area contributed by atoms with Crippen LogP contribution in [0.15, 0.2) is 54.6 Å². The van der Waals surface area contributed by atoms with E-state index in [1.165, 1.54) is 4.90 Å². The monoisotopic (exact) mass is 354 g/mol. The Bertz CT molecular complexity index is 770. The number of rotatable bonds is 7. The molecule has 0 atom stereocenters. The first kappa shape index (κ1) is 19.2. The lowest BCUT2D eigenvalue weighted by molar-refractivity contribution is -0.137. The fourth-order valence-corrected chi connectivity index (χ4v) is 2.47. The number of hydrogen-bond acceptors (Lipinski definition) is 3. The van der Waals surface area contributed by atoms with Gasteiger partial charge in [0.05, 0.1) is 6.42 Å². The van der Waals surface area contributed by atoms with E-state index in [-0.39, 0.29) is 30.8 Å². The zero-order chi connectivity index (χ0) is 19.1. The maximum atomic E-state index is 12.6. The van der Waals surface area contributed by atoms with Gasteiger partial charge in [-0.05, 0) is 50.2 Å². The van der Waals surface area contributed by atoms with E-state index < -0.39 is 5.97 Å². The van der Waals surface area contributed by atoms with E-state index >= 15 is 0 Å². The summed E-state index contributed by atoms with van der Waals surface area (Å²) >= 11 is 0. The lowest BCUT2D eigenvalue weighted by Crippen LogP contribution is -2.38. The Morgan fingerprint density at radius 2 is 1.54 bits per heavy atom. The number of anilines is 1. The average Bonchev–Trinajstić information content (AvgIpc) is 2.62. The normalized spacial score (nSPS) is 10.4. The smallest absolute Gasteiger partial charge is 0.305 e. The Morgan fingerprint density at radius 1 is 0.962 bits per heavy atom. The molecule has 0 spiro atoms.